The van der Waals surface area contributed by atoms with E-state index in [2.05, 4.69) is 20.5 Å². The molecule has 1 aliphatic carbocycles. The highest BCUT2D eigenvalue weighted by Crippen LogP contribution is 2.36. The fourth-order valence-corrected chi connectivity index (χ4v) is 5.58. The summed E-state index contributed by atoms with van der Waals surface area (Å²) in [6, 6.07) is 8.35. The molecule has 46 heavy (non-hydrogen) atoms. The van der Waals surface area contributed by atoms with Crippen LogP contribution in [-0.4, -0.2) is 64.6 Å². The van der Waals surface area contributed by atoms with Gasteiger partial charge in [0.2, 0.25) is 5.88 Å². The molecule has 0 atom stereocenters. The molecule has 3 heterocycles. The van der Waals surface area contributed by atoms with Crippen LogP contribution in [0.4, 0.5) is 14.6 Å². The largest absolute Gasteiger partial charge is 0.478 e. The molecule has 0 radical (unpaired) electrons. The molecule has 0 spiro atoms. The maximum atomic E-state index is 15.6. The molecule has 1 aromatic carbocycles. The number of carbonyl (C=O) groups excluding carboxylic acids is 2. The lowest BCUT2D eigenvalue weighted by molar-refractivity contribution is -0.00782. The SMILES string of the molecule is CCOc1cc(-c2c(F)cc(C#N)cc2C(=O)N2CC(C)(F)C2)cc(NC(=O)c2cc(CNCSNOC)cn(C3CC3)c2=O)n1. The highest BCUT2D eigenvalue weighted by molar-refractivity contribution is 7.97. The van der Waals surface area contributed by atoms with E-state index in [9.17, 15) is 24.0 Å². The van der Waals surface area contributed by atoms with Crippen molar-refractivity contribution in [3.63, 3.8) is 0 Å². The number of hydrogen-bond donors (Lipinski definition) is 3. The molecule has 1 saturated carbocycles. The van der Waals surface area contributed by atoms with E-state index in [1.165, 1.54) is 55.1 Å². The molecule has 2 fully saturated rings. The highest BCUT2D eigenvalue weighted by atomic mass is 32.2. The number of aromatic nitrogens is 2. The molecule has 2 aromatic heterocycles. The number of hydrogen-bond acceptors (Lipinski definition) is 10. The van der Waals surface area contributed by atoms with Crippen molar-refractivity contribution in [3.8, 4) is 23.1 Å². The number of alkyl halides is 1. The van der Waals surface area contributed by atoms with Gasteiger partial charge in [0.05, 0.1) is 49.9 Å². The number of halogens is 2. The van der Waals surface area contributed by atoms with Crippen molar-refractivity contribution in [2.24, 2.45) is 0 Å². The second-order valence-corrected chi connectivity index (χ2v) is 12.0. The first-order chi connectivity index (χ1) is 22.0. The Hall–Kier alpha value is -4.36. The van der Waals surface area contributed by atoms with Crippen LogP contribution in [0.2, 0.25) is 0 Å². The minimum atomic E-state index is -1.57. The monoisotopic (exact) mass is 653 g/mol. The van der Waals surface area contributed by atoms with E-state index in [0.717, 1.165) is 18.9 Å². The number of carbonyl (C=O) groups is 2. The van der Waals surface area contributed by atoms with E-state index in [0.29, 0.717) is 18.0 Å². The Kier molecular flexibility index (Phi) is 10.0. The molecular formula is C31H33F2N7O5S. The van der Waals surface area contributed by atoms with Crippen molar-refractivity contribution < 1.29 is 27.9 Å². The molecule has 2 amide bonds. The molecule has 2 aliphatic rings. The maximum Gasteiger partial charge on any atom is 0.263 e. The van der Waals surface area contributed by atoms with Gasteiger partial charge < -0.3 is 24.8 Å². The zero-order chi connectivity index (χ0) is 33.0. The minimum absolute atomic E-state index is 0.00604. The molecule has 5 rings (SSSR count). The molecule has 0 bridgehead atoms. The van der Waals surface area contributed by atoms with Crippen molar-refractivity contribution in [2.45, 2.75) is 44.9 Å². The summed E-state index contributed by atoms with van der Waals surface area (Å²) < 4.78 is 37.0. The van der Waals surface area contributed by atoms with E-state index in [4.69, 9.17) is 9.57 Å². The Morgan fingerprint density at radius 3 is 2.61 bits per heavy atom. The summed E-state index contributed by atoms with van der Waals surface area (Å²) in [5, 5.41) is 15.3. The lowest BCUT2D eigenvalue weighted by atomic mass is 9.93. The Morgan fingerprint density at radius 1 is 1.20 bits per heavy atom. The summed E-state index contributed by atoms with van der Waals surface area (Å²) >= 11 is 1.29. The number of nitrogens with one attached hydrogen (secondary N) is 3. The average molecular weight is 654 g/mol. The average Bonchev–Trinajstić information content (AvgIpc) is 3.85. The molecule has 0 unspecified atom stereocenters. The topological polar surface area (TPSA) is 151 Å². The van der Waals surface area contributed by atoms with Gasteiger partial charge in [-0.15, -0.1) is 4.89 Å². The van der Waals surface area contributed by atoms with Gasteiger partial charge in [-0.1, -0.05) is 0 Å². The summed E-state index contributed by atoms with van der Waals surface area (Å²) in [6.07, 6.45) is 3.39. The lowest BCUT2D eigenvalue weighted by Crippen LogP contribution is -2.59. The van der Waals surface area contributed by atoms with Crippen molar-refractivity contribution in [1.29, 1.82) is 5.26 Å². The third kappa shape index (κ3) is 7.53. The number of ether oxygens (including phenoxy) is 1. The predicted octanol–water partition coefficient (Wildman–Crippen LogP) is 3.94. The van der Waals surface area contributed by atoms with Crippen LogP contribution < -0.4 is 25.8 Å². The normalized spacial score (nSPS) is 15.2. The second kappa shape index (κ2) is 14.0. The number of rotatable bonds is 13. The number of amides is 2. The number of nitriles is 1. The fourth-order valence-electron chi connectivity index (χ4n) is 5.19. The first-order valence-electron chi connectivity index (χ1n) is 14.6. The Morgan fingerprint density at radius 2 is 1.96 bits per heavy atom. The molecule has 1 saturated heterocycles. The van der Waals surface area contributed by atoms with Crippen LogP contribution in [0.1, 0.15) is 64.6 Å². The summed E-state index contributed by atoms with van der Waals surface area (Å²) in [4.78, 5) is 53.3. The quantitative estimate of drug-likeness (QED) is 0.107. The summed E-state index contributed by atoms with van der Waals surface area (Å²) in [6.45, 7) is 3.28. The van der Waals surface area contributed by atoms with Crippen molar-refractivity contribution >= 4 is 29.6 Å². The number of benzene rings is 1. The third-order valence-electron chi connectivity index (χ3n) is 7.33. The van der Waals surface area contributed by atoms with Crippen LogP contribution in [0.15, 0.2) is 41.3 Å². The van der Waals surface area contributed by atoms with Crippen molar-refractivity contribution in [2.75, 3.05) is 38.0 Å². The molecule has 12 nitrogen and oxygen atoms in total. The van der Waals surface area contributed by atoms with Gasteiger partial charge in [-0.05, 0) is 74.0 Å². The van der Waals surface area contributed by atoms with Gasteiger partial charge in [-0.3, -0.25) is 19.2 Å². The van der Waals surface area contributed by atoms with Crippen LogP contribution in [0.3, 0.4) is 0 Å². The Bertz CT molecular complexity index is 1750. The van der Waals surface area contributed by atoms with Gasteiger partial charge in [-0.25, -0.2) is 8.78 Å². The van der Waals surface area contributed by atoms with Crippen molar-refractivity contribution in [1.82, 2.24) is 24.7 Å². The number of pyridine rings is 2. The number of nitrogens with zero attached hydrogens (tertiary/aromatic N) is 4. The smallest absolute Gasteiger partial charge is 0.263 e. The van der Waals surface area contributed by atoms with Gasteiger partial charge in [0, 0.05) is 30.4 Å². The predicted molar refractivity (Wildman–Crippen MR) is 167 cm³/mol. The van der Waals surface area contributed by atoms with Gasteiger partial charge in [0.25, 0.3) is 17.4 Å². The Balaban J connectivity index is 1.49. The highest BCUT2D eigenvalue weighted by Gasteiger charge is 2.42. The van der Waals surface area contributed by atoms with Gasteiger partial charge >= 0.3 is 0 Å². The van der Waals surface area contributed by atoms with Crippen LogP contribution in [0, 0.1) is 17.1 Å². The molecule has 15 heteroatoms. The molecule has 3 N–H and O–H groups in total. The standard InChI is InChI=1S/C31H33F2N7O5S/c1-4-45-26-11-20(27-22(7-18(12-34)9-24(27)32)29(42)39-15-31(2,33)16-39)10-25(36-26)37-28(41)23-8-19(13-35-17-46-38-44-3)14-40(30(23)43)21-5-6-21/h7-11,14,21,35,38H,4-6,13,15-17H2,1-3H3,(H,36,37,41). The van der Waals surface area contributed by atoms with Gasteiger partial charge in [0.1, 0.15) is 22.9 Å². The number of likely N-dealkylation sites (tertiary alicyclic amines) is 1. The van der Waals surface area contributed by atoms with Crippen molar-refractivity contribution in [3.05, 3.63) is 75.0 Å². The minimum Gasteiger partial charge on any atom is -0.478 e. The number of anilines is 1. The summed E-state index contributed by atoms with van der Waals surface area (Å²) in [7, 11) is 1.50. The first kappa shape index (κ1) is 33.0. The Labute approximate surface area is 268 Å². The molecule has 242 valence electrons. The van der Waals surface area contributed by atoms with Crippen LogP contribution in [-0.2, 0) is 11.4 Å². The third-order valence-corrected chi connectivity index (χ3v) is 7.97. The van der Waals surface area contributed by atoms with Gasteiger partial charge in [-0.2, -0.15) is 10.2 Å². The van der Waals surface area contributed by atoms with E-state index >= 15 is 4.39 Å². The van der Waals surface area contributed by atoms with E-state index in [1.54, 1.807) is 17.7 Å². The maximum absolute atomic E-state index is 15.6. The van der Waals surface area contributed by atoms with E-state index in [1.807, 2.05) is 6.07 Å². The first-order valence-corrected chi connectivity index (χ1v) is 15.6. The zero-order valence-corrected chi connectivity index (χ0v) is 26.3. The van der Waals surface area contributed by atoms with Gasteiger partial charge in [0.15, 0.2) is 0 Å². The summed E-state index contributed by atoms with van der Waals surface area (Å²) in [5.41, 5.74) is -1.70. The van der Waals surface area contributed by atoms with E-state index < -0.39 is 28.9 Å². The summed E-state index contributed by atoms with van der Waals surface area (Å²) in [5.74, 6) is -1.80. The lowest BCUT2D eigenvalue weighted by Gasteiger charge is -2.42. The molecular weight excluding hydrogens is 620 g/mol. The van der Waals surface area contributed by atoms with Crippen LogP contribution in [0.25, 0.3) is 11.1 Å². The van der Waals surface area contributed by atoms with E-state index in [-0.39, 0.29) is 65.3 Å². The van der Waals surface area contributed by atoms with Crippen LogP contribution in [0.5, 0.6) is 5.88 Å². The molecule has 3 aromatic rings. The second-order valence-electron chi connectivity index (χ2n) is 11.2. The zero-order valence-electron chi connectivity index (χ0n) is 25.5. The fraction of sp³-hybridized carbons (Fsp3) is 0.387. The molecule has 1 aliphatic heterocycles. The van der Waals surface area contributed by atoms with Crippen LogP contribution >= 0.6 is 11.9 Å².